The molecule has 0 saturated carbocycles. The van der Waals surface area contributed by atoms with Crippen LogP contribution in [0.25, 0.3) is 0 Å². The maximum Gasteiger partial charge on any atom is 0.243 e. The fourth-order valence-corrected chi connectivity index (χ4v) is 4.31. The van der Waals surface area contributed by atoms with Crippen molar-refractivity contribution in [2.45, 2.75) is 37.9 Å². The first kappa shape index (κ1) is 15.4. The smallest absolute Gasteiger partial charge is 0.243 e. The van der Waals surface area contributed by atoms with Gasteiger partial charge in [0.15, 0.2) is 0 Å². The molecule has 1 aliphatic rings. The van der Waals surface area contributed by atoms with Crippen LogP contribution in [0.2, 0.25) is 0 Å². The van der Waals surface area contributed by atoms with E-state index in [-0.39, 0.29) is 17.6 Å². The predicted molar refractivity (Wildman–Crippen MR) is 76.0 cm³/mol. The van der Waals surface area contributed by atoms with Crippen molar-refractivity contribution in [1.29, 1.82) is 0 Å². The zero-order valence-electron chi connectivity index (χ0n) is 12.1. The fourth-order valence-electron chi connectivity index (χ4n) is 2.57. The maximum absolute atomic E-state index is 12.7. The van der Waals surface area contributed by atoms with Crippen LogP contribution in [-0.2, 0) is 21.4 Å². The van der Waals surface area contributed by atoms with E-state index in [1.54, 1.807) is 20.1 Å². The number of hydrogen-bond donors (Lipinski definition) is 1. The molecule has 1 aromatic rings. The van der Waals surface area contributed by atoms with E-state index < -0.39 is 10.0 Å². The van der Waals surface area contributed by atoms with E-state index in [0.717, 1.165) is 5.56 Å². The second kappa shape index (κ2) is 5.81. The average molecular weight is 299 g/mol. The van der Waals surface area contributed by atoms with Gasteiger partial charge in [-0.15, -0.1) is 0 Å². The van der Waals surface area contributed by atoms with Gasteiger partial charge in [0.25, 0.3) is 0 Å². The second-order valence-corrected chi connectivity index (χ2v) is 7.12. The molecule has 0 bridgehead atoms. The fraction of sp³-hybridized carbons (Fsp3) is 0.571. The molecule has 6 heteroatoms. The highest BCUT2D eigenvalue weighted by Crippen LogP contribution is 2.27. The van der Waals surface area contributed by atoms with Crippen molar-refractivity contribution >= 4 is 10.0 Å². The van der Waals surface area contributed by atoms with Crippen molar-refractivity contribution in [2.75, 3.05) is 20.2 Å². The molecule has 1 unspecified atom stereocenters. The van der Waals surface area contributed by atoms with Crippen molar-refractivity contribution in [3.63, 3.8) is 0 Å². The summed E-state index contributed by atoms with van der Waals surface area (Å²) in [6.45, 7) is 4.36. The average Bonchev–Trinajstić information content (AvgIpc) is 2.88. The van der Waals surface area contributed by atoms with Gasteiger partial charge in [0.2, 0.25) is 10.0 Å². The Labute approximate surface area is 120 Å². The Morgan fingerprint density at radius 3 is 2.60 bits per heavy atom. The number of ether oxygens (including phenoxy) is 1. The zero-order valence-corrected chi connectivity index (χ0v) is 12.9. The van der Waals surface area contributed by atoms with Gasteiger partial charge in [-0.1, -0.05) is 6.07 Å². The Kier molecular flexibility index (Phi) is 4.49. The number of sulfonamides is 1. The molecule has 112 valence electrons. The maximum atomic E-state index is 12.7. The largest absolute Gasteiger partial charge is 0.392 e. The molecule has 0 aromatic heterocycles. The number of hydrogen-bond acceptors (Lipinski definition) is 4. The summed E-state index contributed by atoms with van der Waals surface area (Å²) in [5, 5.41) is 9.32. The molecule has 0 radical (unpaired) electrons. The van der Waals surface area contributed by atoms with Gasteiger partial charge in [-0.05, 0) is 43.0 Å². The van der Waals surface area contributed by atoms with Crippen molar-refractivity contribution < 1.29 is 18.3 Å². The standard InChI is InChI=1S/C14H21NO4S/c1-10-6-11(2)14(7-12(10)9-16)20(17,18)15-5-4-13(8-15)19-3/h6-7,13,16H,4-5,8-9H2,1-3H3. The molecule has 0 amide bonds. The lowest BCUT2D eigenvalue weighted by Crippen LogP contribution is -2.30. The number of aryl methyl sites for hydroxylation is 2. The van der Waals surface area contributed by atoms with Gasteiger partial charge < -0.3 is 9.84 Å². The monoisotopic (exact) mass is 299 g/mol. The Morgan fingerprint density at radius 2 is 2.05 bits per heavy atom. The zero-order chi connectivity index (χ0) is 14.9. The van der Waals surface area contributed by atoms with Crippen molar-refractivity contribution in [3.8, 4) is 0 Å². The molecule has 1 atom stereocenters. The van der Waals surface area contributed by atoms with Crippen LogP contribution in [0.5, 0.6) is 0 Å². The molecule has 0 aliphatic carbocycles. The summed E-state index contributed by atoms with van der Waals surface area (Å²) in [6.07, 6.45) is 0.681. The molecule has 1 aliphatic heterocycles. The van der Waals surface area contributed by atoms with Gasteiger partial charge in [0, 0.05) is 20.2 Å². The molecule has 0 spiro atoms. The number of methoxy groups -OCH3 is 1. The van der Waals surface area contributed by atoms with E-state index in [1.165, 1.54) is 4.31 Å². The van der Waals surface area contributed by atoms with E-state index in [1.807, 2.05) is 13.0 Å². The Morgan fingerprint density at radius 1 is 1.35 bits per heavy atom. The SMILES string of the molecule is COC1CCN(S(=O)(=O)c2cc(CO)c(C)cc2C)C1. The van der Waals surface area contributed by atoms with Gasteiger partial charge >= 0.3 is 0 Å². The number of aliphatic hydroxyl groups excluding tert-OH is 1. The van der Waals surface area contributed by atoms with E-state index in [9.17, 15) is 13.5 Å². The molecule has 1 aromatic carbocycles. The minimum Gasteiger partial charge on any atom is -0.392 e. The molecular formula is C14H21NO4S. The van der Waals surface area contributed by atoms with Gasteiger partial charge in [-0.2, -0.15) is 4.31 Å². The highest BCUT2D eigenvalue weighted by molar-refractivity contribution is 7.89. The summed E-state index contributed by atoms with van der Waals surface area (Å²) >= 11 is 0. The topological polar surface area (TPSA) is 66.8 Å². The summed E-state index contributed by atoms with van der Waals surface area (Å²) in [5.74, 6) is 0. The van der Waals surface area contributed by atoms with Crippen molar-refractivity contribution in [1.82, 2.24) is 4.31 Å². The lowest BCUT2D eigenvalue weighted by Gasteiger charge is -2.19. The van der Waals surface area contributed by atoms with Gasteiger partial charge in [0.1, 0.15) is 0 Å². The minimum atomic E-state index is -3.52. The summed E-state index contributed by atoms with van der Waals surface area (Å²) in [6, 6.07) is 3.39. The highest BCUT2D eigenvalue weighted by atomic mass is 32.2. The predicted octanol–water partition coefficient (Wildman–Crippen LogP) is 1.21. The Hall–Kier alpha value is -0.950. The summed E-state index contributed by atoms with van der Waals surface area (Å²) < 4.78 is 32.0. The lowest BCUT2D eigenvalue weighted by molar-refractivity contribution is 0.115. The van der Waals surface area contributed by atoms with Crippen LogP contribution in [-0.4, -0.2) is 44.1 Å². The lowest BCUT2D eigenvalue weighted by atomic mass is 10.1. The quantitative estimate of drug-likeness (QED) is 0.907. The molecule has 1 N–H and O–H groups in total. The number of benzene rings is 1. The molecule has 1 fully saturated rings. The Balaban J connectivity index is 2.40. The van der Waals surface area contributed by atoms with Gasteiger partial charge in [-0.25, -0.2) is 8.42 Å². The summed E-state index contributed by atoms with van der Waals surface area (Å²) in [4.78, 5) is 0.281. The second-order valence-electron chi connectivity index (χ2n) is 5.21. The van der Waals surface area contributed by atoms with Crippen LogP contribution in [0, 0.1) is 13.8 Å². The number of rotatable bonds is 4. The van der Waals surface area contributed by atoms with Gasteiger partial charge in [0.05, 0.1) is 17.6 Å². The van der Waals surface area contributed by atoms with Crippen LogP contribution in [0.1, 0.15) is 23.1 Å². The summed E-state index contributed by atoms with van der Waals surface area (Å²) in [5.41, 5.74) is 2.26. The third kappa shape index (κ3) is 2.74. The number of aliphatic hydroxyl groups is 1. The molecule has 20 heavy (non-hydrogen) atoms. The first-order chi connectivity index (χ1) is 9.40. The van der Waals surface area contributed by atoms with E-state index >= 15 is 0 Å². The Bertz CT molecular complexity index is 597. The van der Waals surface area contributed by atoms with Crippen LogP contribution < -0.4 is 0 Å². The molecule has 1 heterocycles. The molecule has 5 nitrogen and oxygen atoms in total. The number of nitrogens with zero attached hydrogens (tertiary/aromatic N) is 1. The van der Waals surface area contributed by atoms with E-state index in [0.29, 0.717) is 30.6 Å². The highest BCUT2D eigenvalue weighted by Gasteiger charge is 2.33. The van der Waals surface area contributed by atoms with Crippen LogP contribution in [0.4, 0.5) is 0 Å². The first-order valence-electron chi connectivity index (χ1n) is 6.64. The first-order valence-corrected chi connectivity index (χ1v) is 8.08. The van der Waals surface area contributed by atoms with E-state index in [4.69, 9.17) is 4.74 Å². The molecule has 1 saturated heterocycles. The van der Waals surface area contributed by atoms with Crippen LogP contribution in [0.3, 0.4) is 0 Å². The van der Waals surface area contributed by atoms with Crippen molar-refractivity contribution in [3.05, 3.63) is 28.8 Å². The van der Waals surface area contributed by atoms with Crippen LogP contribution in [0.15, 0.2) is 17.0 Å². The molecular weight excluding hydrogens is 278 g/mol. The third-order valence-electron chi connectivity index (χ3n) is 3.86. The minimum absolute atomic E-state index is 0.0344. The van der Waals surface area contributed by atoms with Gasteiger partial charge in [-0.3, -0.25) is 0 Å². The van der Waals surface area contributed by atoms with Crippen LogP contribution >= 0.6 is 0 Å². The summed E-state index contributed by atoms with van der Waals surface area (Å²) in [7, 11) is -1.92. The molecule has 2 rings (SSSR count). The van der Waals surface area contributed by atoms with E-state index in [2.05, 4.69) is 0 Å². The van der Waals surface area contributed by atoms with Crippen molar-refractivity contribution in [2.24, 2.45) is 0 Å². The normalized spacial score (nSPS) is 20.5. The third-order valence-corrected chi connectivity index (χ3v) is 5.87.